The molecular weight excluding hydrogens is 333 g/mol. The second-order valence-electron chi connectivity index (χ2n) is 5.92. The molecule has 1 aliphatic carbocycles. The number of pyridine rings is 1. The number of carbonyl (C=O) groups excluding carboxylic acids is 1. The Morgan fingerprint density at radius 3 is 2.52 bits per heavy atom. The fourth-order valence-corrected chi connectivity index (χ4v) is 2.58. The van der Waals surface area contributed by atoms with Crippen molar-refractivity contribution in [2.24, 2.45) is 5.92 Å². The Bertz CT molecular complexity index is 759. The third kappa shape index (κ3) is 3.92. The van der Waals surface area contributed by atoms with Crippen LogP contribution in [0.2, 0.25) is 0 Å². The summed E-state index contributed by atoms with van der Waals surface area (Å²) < 4.78 is 44.1. The lowest BCUT2D eigenvalue weighted by Crippen LogP contribution is -2.32. The molecule has 1 amide bonds. The number of amides is 1. The minimum atomic E-state index is -4.51. The molecule has 25 heavy (non-hydrogen) atoms. The predicted molar refractivity (Wildman–Crippen MR) is 86.1 cm³/mol. The Hall–Kier alpha value is -2.57. The maximum Gasteiger partial charge on any atom is 0.417 e. The first kappa shape index (κ1) is 17.3. The number of benzene rings is 1. The second-order valence-corrected chi connectivity index (χ2v) is 5.92. The van der Waals surface area contributed by atoms with Crippen molar-refractivity contribution in [3.63, 3.8) is 0 Å². The van der Waals surface area contributed by atoms with Gasteiger partial charge < -0.3 is 9.64 Å². The van der Waals surface area contributed by atoms with Crippen molar-refractivity contribution in [2.75, 3.05) is 12.0 Å². The highest BCUT2D eigenvalue weighted by molar-refractivity contribution is 5.96. The molecule has 1 saturated carbocycles. The van der Waals surface area contributed by atoms with E-state index < -0.39 is 11.7 Å². The lowest BCUT2D eigenvalue weighted by Gasteiger charge is -2.24. The first-order valence-electron chi connectivity index (χ1n) is 7.86. The molecule has 1 aliphatic rings. The van der Waals surface area contributed by atoms with Crippen molar-refractivity contribution in [1.82, 2.24) is 4.98 Å². The number of anilines is 1. The molecule has 1 aromatic heterocycles. The zero-order valence-electron chi connectivity index (χ0n) is 13.6. The largest absolute Gasteiger partial charge is 0.481 e. The van der Waals surface area contributed by atoms with Crippen molar-refractivity contribution in [3.8, 4) is 5.88 Å². The van der Waals surface area contributed by atoms with E-state index in [1.54, 1.807) is 24.3 Å². The average Bonchev–Trinajstić information content (AvgIpc) is 3.44. The number of halogens is 3. The molecule has 2 aromatic rings. The molecule has 0 saturated heterocycles. The number of aromatic nitrogens is 1. The summed E-state index contributed by atoms with van der Waals surface area (Å²) in [4.78, 5) is 17.9. The van der Waals surface area contributed by atoms with Gasteiger partial charge in [-0.15, -0.1) is 0 Å². The number of rotatable bonds is 5. The van der Waals surface area contributed by atoms with Crippen molar-refractivity contribution >= 4 is 11.6 Å². The van der Waals surface area contributed by atoms with Gasteiger partial charge in [0.2, 0.25) is 11.8 Å². The van der Waals surface area contributed by atoms with Gasteiger partial charge in [-0.05, 0) is 31.0 Å². The third-order valence-electron chi connectivity index (χ3n) is 4.03. The van der Waals surface area contributed by atoms with Crippen LogP contribution in [0.25, 0.3) is 0 Å². The SMILES string of the molecule is COc1ncc(C(F)(F)F)cc1CN(C(=O)C1CC1)c1ccccc1. The molecule has 0 spiro atoms. The fraction of sp³-hybridized carbons (Fsp3) is 0.333. The van der Waals surface area contributed by atoms with Crippen LogP contribution in [-0.4, -0.2) is 18.0 Å². The van der Waals surface area contributed by atoms with Gasteiger partial charge in [0.25, 0.3) is 0 Å². The van der Waals surface area contributed by atoms with Crippen molar-refractivity contribution in [1.29, 1.82) is 0 Å². The Kier molecular flexibility index (Phi) is 4.65. The highest BCUT2D eigenvalue weighted by atomic mass is 19.4. The highest BCUT2D eigenvalue weighted by Crippen LogP contribution is 2.35. The number of carbonyl (C=O) groups is 1. The Balaban J connectivity index is 1.97. The molecule has 1 heterocycles. The van der Waals surface area contributed by atoms with E-state index in [1.807, 2.05) is 6.07 Å². The van der Waals surface area contributed by atoms with E-state index >= 15 is 0 Å². The number of hydrogen-bond donors (Lipinski definition) is 0. The van der Waals surface area contributed by atoms with Crippen LogP contribution in [0.5, 0.6) is 5.88 Å². The van der Waals surface area contributed by atoms with Crippen LogP contribution in [0.3, 0.4) is 0 Å². The summed E-state index contributed by atoms with van der Waals surface area (Å²) in [7, 11) is 1.34. The van der Waals surface area contributed by atoms with Gasteiger partial charge in [0.15, 0.2) is 0 Å². The minimum absolute atomic E-state index is 0.0283. The number of alkyl halides is 3. The molecule has 4 nitrogen and oxygen atoms in total. The van der Waals surface area contributed by atoms with Gasteiger partial charge in [0, 0.05) is 23.4 Å². The van der Waals surface area contributed by atoms with E-state index in [2.05, 4.69) is 4.98 Å². The maximum absolute atomic E-state index is 13.0. The standard InChI is InChI=1S/C18H17F3N2O2/c1-25-16-13(9-14(10-22-16)18(19,20)21)11-23(17(24)12-7-8-12)15-5-3-2-4-6-15/h2-6,9-10,12H,7-8,11H2,1H3. The topological polar surface area (TPSA) is 42.4 Å². The van der Waals surface area contributed by atoms with Crippen molar-refractivity contribution < 1.29 is 22.7 Å². The van der Waals surface area contributed by atoms with Crippen LogP contribution in [-0.2, 0) is 17.5 Å². The van der Waals surface area contributed by atoms with Crippen LogP contribution in [0.15, 0.2) is 42.6 Å². The number of nitrogens with zero attached hydrogens (tertiary/aromatic N) is 2. The van der Waals surface area contributed by atoms with Gasteiger partial charge in [0.1, 0.15) is 0 Å². The zero-order valence-corrected chi connectivity index (χ0v) is 13.6. The van der Waals surface area contributed by atoms with Gasteiger partial charge in [0.05, 0.1) is 19.2 Å². The summed E-state index contributed by atoms with van der Waals surface area (Å²) in [6.07, 6.45) is -2.16. The molecule has 0 radical (unpaired) electrons. The molecule has 0 bridgehead atoms. The van der Waals surface area contributed by atoms with Gasteiger partial charge in [-0.1, -0.05) is 18.2 Å². The van der Waals surface area contributed by atoms with E-state index in [4.69, 9.17) is 4.74 Å². The van der Waals surface area contributed by atoms with E-state index in [1.165, 1.54) is 12.0 Å². The predicted octanol–water partition coefficient (Wildman–Crippen LogP) is 4.05. The number of ether oxygens (including phenoxy) is 1. The Morgan fingerprint density at radius 2 is 1.96 bits per heavy atom. The molecule has 0 N–H and O–H groups in total. The molecular formula is C18H17F3N2O2. The molecule has 0 unspecified atom stereocenters. The van der Waals surface area contributed by atoms with Gasteiger partial charge >= 0.3 is 6.18 Å². The first-order chi connectivity index (χ1) is 11.9. The monoisotopic (exact) mass is 350 g/mol. The fourth-order valence-electron chi connectivity index (χ4n) is 2.58. The van der Waals surface area contributed by atoms with Crippen LogP contribution >= 0.6 is 0 Å². The van der Waals surface area contributed by atoms with Gasteiger partial charge in [-0.25, -0.2) is 4.98 Å². The third-order valence-corrected chi connectivity index (χ3v) is 4.03. The zero-order chi connectivity index (χ0) is 18.0. The number of hydrogen-bond acceptors (Lipinski definition) is 3. The second kappa shape index (κ2) is 6.74. The molecule has 1 aromatic carbocycles. The van der Waals surface area contributed by atoms with E-state index in [9.17, 15) is 18.0 Å². The van der Waals surface area contributed by atoms with Gasteiger partial charge in [-0.3, -0.25) is 4.79 Å². The summed E-state index contributed by atoms with van der Waals surface area (Å²) in [6.45, 7) is -0.0283. The van der Waals surface area contributed by atoms with Crippen LogP contribution in [0.1, 0.15) is 24.0 Å². The van der Waals surface area contributed by atoms with E-state index in [-0.39, 0.29) is 29.8 Å². The quantitative estimate of drug-likeness (QED) is 0.817. The van der Waals surface area contributed by atoms with Crippen LogP contribution in [0, 0.1) is 5.92 Å². The van der Waals surface area contributed by atoms with Crippen LogP contribution in [0.4, 0.5) is 18.9 Å². The molecule has 0 aliphatic heterocycles. The minimum Gasteiger partial charge on any atom is -0.481 e. The normalized spacial score (nSPS) is 14.2. The Labute approximate surface area is 143 Å². The summed E-state index contributed by atoms with van der Waals surface area (Å²) in [5, 5.41) is 0. The summed E-state index contributed by atoms with van der Waals surface area (Å²) in [5.74, 6) is -0.0758. The highest BCUT2D eigenvalue weighted by Gasteiger charge is 2.36. The lowest BCUT2D eigenvalue weighted by molar-refractivity contribution is -0.137. The van der Waals surface area contributed by atoms with Crippen molar-refractivity contribution in [3.05, 3.63) is 53.7 Å². The molecule has 1 fully saturated rings. The van der Waals surface area contributed by atoms with Crippen molar-refractivity contribution in [2.45, 2.75) is 25.6 Å². The van der Waals surface area contributed by atoms with E-state index in [0.29, 0.717) is 5.69 Å². The van der Waals surface area contributed by atoms with Crippen LogP contribution < -0.4 is 9.64 Å². The molecule has 3 rings (SSSR count). The smallest absolute Gasteiger partial charge is 0.417 e. The summed E-state index contributed by atoms with van der Waals surface area (Å²) in [5.41, 5.74) is -0.00998. The lowest BCUT2D eigenvalue weighted by atomic mass is 10.1. The molecule has 0 atom stereocenters. The molecule has 7 heteroatoms. The van der Waals surface area contributed by atoms with Gasteiger partial charge in [-0.2, -0.15) is 13.2 Å². The maximum atomic E-state index is 13.0. The summed E-state index contributed by atoms with van der Waals surface area (Å²) >= 11 is 0. The number of methoxy groups -OCH3 is 1. The summed E-state index contributed by atoms with van der Waals surface area (Å²) in [6, 6.07) is 9.88. The molecule has 132 valence electrons. The number of para-hydroxylation sites is 1. The van der Waals surface area contributed by atoms with E-state index in [0.717, 1.165) is 25.1 Å². The first-order valence-corrected chi connectivity index (χ1v) is 7.86. The average molecular weight is 350 g/mol. The Morgan fingerprint density at radius 1 is 1.28 bits per heavy atom.